The predicted octanol–water partition coefficient (Wildman–Crippen LogP) is 1.70. The highest BCUT2D eigenvalue weighted by molar-refractivity contribution is 6.64. The van der Waals surface area contributed by atoms with Crippen molar-refractivity contribution in [1.82, 2.24) is 0 Å². The Balaban J connectivity index is 2.89. The lowest BCUT2D eigenvalue weighted by Crippen LogP contribution is -2.15. The maximum atomic E-state index is 10.8. The standard InChI is InChI=1S/C8H6ClNO4/c9-8(11)7(14-10(12)13)6-4-2-1-3-5-6/h1-5,7H. The van der Waals surface area contributed by atoms with E-state index in [1.807, 2.05) is 0 Å². The van der Waals surface area contributed by atoms with Gasteiger partial charge in [0.15, 0.2) is 0 Å². The van der Waals surface area contributed by atoms with E-state index in [1.165, 1.54) is 12.1 Å². The Kier molecular flexibility index (Phi) is 3.41. The summed E-state index contributed by atoms with van der Waals surface area (Å²) in [5.41, 5.74) is 0.351. The maximum Gasteiger partial charge on any atom is 0.295 e. The second-order valence-electron chi connectivity index (χ2n) is 2.42. The van der Waals surface area contributed by atoms with Crippen LogP contribution in [0.15, 0.2) is 30.3 Å². The third-order valence-corrected chi connectivity index (χ3v) is 1.70. The van der Waals surface area contributed by atoms with Gasteiger partial charge in [-0.15, -0.1) is 10.1 Å². The molecule has 0 saturated carbocycles. The zero-order valence-electron chi connectivity index (χ0n) is 6.92. The average Bonchev–Trinajstić information content (AvgIpc) is 2.15. The lowest BCUT2D eigenvalue weighted by atomic mass is 10.1. The van der Waals surface area contributed by atoms with Crippen LogP contribution in [-0.2, 0) is 9.63 Å². The smallest absolute Gasteiger partial charge is 0.295 e. The summed E-state index contributed by atoms with van der Waals surface area (Å²) < 4.78 is 0. The summed E-state index contributed by atoms with van der Waals surface area (Å²) in [6.07, 6.45) is -1.35. The largest absolute Gasteiger partial charge is 0.296 e. The van der Waals surface area contributed by atoms with Crippen LogP contribution in [-0.4, -0.2) is 10.3 Å². The molecule has 0 radical (unpaired) electrons. The van der Waals surface area contributed by atoms with Gasteiger partial charge < -0.3 is 0 Å². The summed E-state index contributed by atoms with van der Waals surface area (Å²) in [5, 5.41) is 8.09. The van der Waals surface area contributed by atoms with Gasteiger partial charge in [-0.3, -0.25) is 9.63 Å². The van der Waals surface area contributed by atoms with E-state index in [2.05, 4.69) is 4.84 Å². The van der Waals surface area contributed by atoms with Crippen molar-refractivity contribution in [1.29, 1.82) is 0 Å². The minimum absolute atomic E-state index is 0.351. The first-order chi connectivity index (χ1) is 6.61. The third-order valence-electron chi connectivity index (χ3n) is 1.50. The minimum atomic E-state index is -1.35. The summed E-state index contributed by atoms with van der Waals surface area (Å²) in [6.45, 7) is 0. The van der Waals surface area contributed by atoms with Crippen LogP contribution < -0.4 is 0 Å². The molecule has 0 aliphatic carbocycles. The molecule has 1 aromatic carbocycles. The molecule has 1 rings (SSSR count). The fourth-order valence-corrected chi connectivity index (χ4v) is 1.11. The Morgan fingerprint density at radius 2 is 2.00 bits per heavy atom. The summed E-state index contributed by atoms with van der Waals surface area (Å²) in [7, 11) is 0. The van der Waals surface area contributed by atoms with Crippen molar-refractivity contribution in [3.8, 4) is 0 Å². The lowest BCUT2D eigenvalue weighted by molar-refractivity contribution is -0.766. The summed E-state index contributed by atoms with van der Waals surface area (Å²) >= 11 is 5.15. The number of benzene rings is 1. The monoisotopic (exact) mass is 215 g/mol. The Labute approximate surface area is 84.3 Å². The van der Waals surface area contributed by atoms with E-state index in [-0.39, 0.29) is 0 Å². The Hall–Kier alpha value is -1.62. The van der Waals surface area contributed by atoms with Gasteiger partial charge in [0.2, 0.25) is 6.10 Å². The van der Waals surface area contributed by atoms with Crippen LogP contribution in [0.5, 0.6) is 0 Å². The molecule has 0 amide bonds. The molecule has 14 heavy (non-hydrogen) atoms. The molecular weight excluding hydrogens is 210 g/mol. The number of hydrogen-bond acceptors (Lipinski definition) is 4. The molecule has 0 N–H and O–H groups in total. The highest BCUT2D eigenvalue weighted by Gasteiger charge is 2.22. The zero-order chi connectivity index (χ0) is 10.6. The van der Waals surface area contributed by atoms with Crippen molar-refractivity contribution in [2.24, 2.45) is 0 Å². The van der Waals surface area contributed by atoms with E-state index in [1.54, 1.807) is 18.2 Å². The van der Waals surface area contributed by atoms with E-state index in [0.29, 0.717) is 5.56 Å². The molecule has 1 unspecified atom stereocenters. The average molecular weight is 216 g/mol. The summed E-state index contributed by atoms with van der Waals surface area (Å²) in [4.78, 5) is 25.0. The zero-order valence-corrected chi connectivity index (χ0v) is 7.68. The van der Waals surface area contributed by atoms with Crippen LogP contribution in [0.25, 0.3) is 0 Å². The fourth-order valence-electron chi connectivity index (χ4n) is 0.947. The maximum absolute atomic E-state index is 10.8. The highest BCUT2D eigenvalue weighted by Crippen LogP contribution is 2.19. The molecular formula is C8H6ClNO4. The molecule has 5 nitrogen and oxygen atoms in total. The summed E-state index contributed by atoms with van der Waals surface area (Å²) in [5.74, 6) is 0. The number of halogens is 1. The second-order valence-corrected chi connectivity index (χ2v) is 2.80. The molecule has 0 bridgehead atoms. The Bertz CT molecular complexity index is 340. The second kappa shape index (κ2) is 4.57. The molecule has 0 aliphatic rings. The van der Waals surface area contributed by atoms with Crippen LogP contribution >= 0.6 is 11.6 Å². The number of hydrogen-bond donors (Lipinski definition) is 0. The molecule has 0 fully saturated rings. The predicted molar refractivity (Wildman–Crippen MR) is 48.1 cm³/mol. The van der Waals surface area contributed by atoms with Crippen LogP contribution in [0, 0.1) is 10.1 Å². The fraction of sp³-hybridized carbons (Fsp3) is 0.125. The van der Waals surface area contributed by atoms with Crippen molar-refractivity contribution < 1.29 is 14.7 Å². The van der Waals surface area contributed by atoms with Crippen molar-refractivity contribution in [3.05, 3.63) is 46.0 Å². The normalized spacial score (nSPS) is 11.8. The van der Waals surface area contributed by atoms with Gasteiger partial charge in [-0.05, 0) is 17.2 Å². The van der Waals surface area contributed by atoms with Gasteiger partial charge in [0.25, 0.3) is 10.3 Å². The lowest BCUT2D eigenvalue weighted by Gasteiger charge is -2.09. The topological polar surface area (TPSA) is 69.4 Å². The third kappa shape index (κ3) is 2.70. The van der Waals surface area contributed by atoms with Crippen molar-refractivity contribution in [2.75, 3.05) is 0 Å². The Morgan fingerprint density at radius 1 is 1.43 bits per heavy atom. The molecule has 6 heteroatoms. The van der Waals surface area contributed by atoms with Gasteiger partial charge in [0, 0.05) is 0 Å². The van der Waals surface area contributed by atoms with E-state index >= 15 is 0 Å². The number of nitrogens with zero attached hydrogens (tertiary/aromatic N) is 1. The first-order valence-corrected chi connectivity index (χ1v) is 4.04. The molecule has 0 spiro atoms. The first-order valence-electron chi connectivity index (χ1n) is 3.66. The minimum Gasteiger partial charge on any atom is -0.296 e. The summed E-state index contributed by atoms with van der Waals surface area (Å²) in [6, 6.07) is 8.02. The van der Waals surface area contributed by atoms with Crippen LogP contribution in [0.3, 0.4) is 0 Å². The number of carbonyl (C=O) groups excluding carboxylic acids is 1. The molecule has 0 aliphatic heterocycles. The SMILES string of the molecule is O=C(Cl)C(O[N+](=O)[O-])c1ccccc1. The van der Waals surface area contributed by atoms with E-state index in [0.717, 1.165) is 0 Å². The molecule has 1 aromatic rings. The molecule has 1 atom stereocenters. The quantitative estimate of drug-likeness (QED) is 0.436. The van der Waals surface area contributed by atoms with Crippen LogP contribution in [0.2, 0.25) is 0 Å². The molecule has 74 valence electrons. The van der Waals surface area contributed by atoms with Crippen molar-refractivity contribution >= 4 is 16.8 Å². The first kappa shape index (κ1) is 10.5. The van der Waals surface area contributed by atoms with E-state index in [9.17, 15) is 14.9 Å². The van der Waals surface area contributed by atoms with Crippen molar-refractivity contribution in [2.45, 2.75) is 6.10 Å². The van der Waals surface area contributed by atoms with Gasteiger partial charge in [-0.1, -0.05) is 30.3 Å². The molecule has 0 aromatic heterocycles. The van der Waals surface area contributed by atoms with E-state index in [4.69, 9.17) is 11.6 Å². The van der Waals surface area contributed by atoms with Gasteiger partial charge in [0.1, 0.15) is 0 Å². The van der Waals surface area contributed by atoms with E-state index < -0.39 is 16.4 Å². The van der Waals surface area contributed by atoms with Crippen molar-refractivity contribution in [3.63, 3.8) is 0 Å². The molecule has 0 heterocycles. The van der Waals surface area contributed by atoms with Gasteiger partial charge >= 0.3 is 0 Å². The number of carbonyl (C=O) groups is 1. The van der Waals surface area contributed by atoms with Gasteiger partial charge in [-0.25, -0.2) is 0 Å². The highest BCUT2D eigenvalue weighted by atomic mass is 35.5. The number of rotatable bonds is 4. The van der Waals surface area contributed by atoms with Crippen LogP contribution in [0.4, 0.5) is 0 Å². The molecule has 0 saturated heterocycles. The van der Waals surface area contributed by atoms with Gasteiger partial charge in [-0.2, -0.15) is 0 Å². The van der Waals surface area contributed by atoms with Gasteiger partial charge in [0.05, 0.1) is 0 Å². The Morgan fingerprint density at radius 3 is 2.43 bits per heavy atom. The van der Waals surface area contributed by atoms with Crippen LogP contribution in [0.1, 0.15) is 11.7 Å².